The molecule has 2 heterocycles. The van der Waals surface area contributed by atoms with Crippen molar-refractivity contribution in [1.29, 1.82) is 0 Å². The molecule has 5 unspecified atom stereocenters. The van der Waals surface area contributed by atoms with Gasteiger partial charge in [-0.15, -0.1) is 0 Å². The Hall–Kier alpha value is -2.48. The van der Waals surface area contributed by atoms with Gasteiger partial charge in [0.1, 0.15) is 11.9 Å². The zero-order valence-electron chi connectivity index (χ0n) is 15.4. The van der Waals surface area contributed by atoms with Crippen molar-refractivity contribution in [2.45, 2.75) is 31.2 Å². The lowest BCUT2D eigenvalue weighted by Crippen LogP contribution is -2.57. The van der Waals surface area contributed by atoms with E-state index in [1.165, 1.54) is 12.1 Å². The van der Waals surface area contributed by atoms with E-state index in [1.807, 2.05) is 6.07 Å². The second kappa shape index (κ2) is 6.84. The van der Waals surface area contributed by atoms with Crippen LogP contribution in [-0.4, -0.2) is 53.5 Å². The number of benzene rings is 1. The van der Waals surface area contributed by atoms with Crippen LogP contribution in [-0.2, 0) is 14.4 Å². The minimum absolute atomic E-state index is 0.0422. The smallest absolute Gasteiger partial charge is 0.308 e. The molecule has 1 saturated carbocycles. The molecule has 3 aliphatic rings. The molecule has 28 heavy (non-hydrogen) atoms. The molecular weight excluding hydrogens is 365 g/mol. The van der Waals surface area contributed by atoms with Crippen molar-refractivity contribution in [2.75, 3.05) is 19.6 Å². The molecule has 1 aliphatic carbocycles. The van der Waals surface area contributed by atoms with E-state index >= 15 is 0 Å². The van der Waals surface area contributed by atoms with Gasteiger partial charge in [0.25, 0.3) is 0 Å². The lowest BCUT2D eigenvalue weighted by molar-refractivity contribution is -0.150. The van der Waals surface area contributed by atoms with Crippen molar-refractivity contribution >= 4 is 17.8 Å². The Morgan fingerprint density at radius 1 is 1.29 bits per heavy atom. The van der Waals surface area contributed by atoms with Crippen LogP contribution in [0.4, 0.5) is 4.39 Å². The summed E-state index contributed by atoms with van der Waals surface area (Å²) in [5, 5.41) is 12.8. The van der Waals surface area contributed by atoms with Crippen LogP contribution in [0.1, 0.15) is 30.7 Å². The molecule has 1 aromatic rings. The Balaban J connectivity index is 1.44. The highest BCUT2D eigenvalue weighted by Gasteiger charge is 2.62. The van der Waals surface area contributed by atoms with Crippen molar-refractivity contribution < 1.29 is 23.9 Å². The largest absolute Gasteiger partial charge is 0.481 e. The van der Waals surface area contributed by atoms with Crippen molar-refractivity contribution in [3.05, 3.63) is 35.6 Å². The fourth-order valence-electron chi connectivity index (χ4n) is 4.93. The number of likely N-dealkylation sites (tertiary alicyclic amines) is 1. The zero-order chi connectivity index (χ0) is 20.1. The molecular formula is C20H24FN3O4. The maximum atomic E-state index is 13.5. The van der Waals surface area contributed by atoms with E-state index in [4.69, 9.17) is 5.73 Å². The zero-order valence-corrected chi connectivity index (χ0v) is 15.4. The minimum Gasteiger partial charge on any atom is -0.481 e. The number of primary amides is 1. The molecule has 2 amide bonds. The van der Waals surface area contributed by atoms with Gasteiger partial charge in [0.2, 0.25) is 11.8 Å². The number of rotatable bonds is 4. The second-order valence-electron chi connectivity index (χ2n) is 8.35. The molecule has 150 valence electrons. The molecule has 3 fully saturated rings. The Labute approximate surface area is 162 Å². The Morgan fingerprint density at radius 2 is 2.07 bits per heavy atom. The monoisotopic (exact) mass is 389 g/mol. The molecule has 0 bridgehead atoms. The predicted octanol–water partition coefficient (Wildman–Crippen LogP) is 0.696. The van der Waals surface area contributed by atoms with E-state index in [0.29, 0.717) is 32.5 Å². The van der Waals surface area contributed by atoms with E-state index in [0.717, 1.165) is 5.56 Å². The minimum atomic E-state index is -1.04. The summed E-state index contributed by atoms with van der Waals surface area (Å²) in [5.41, 5.74) is 5.80. The number of hydrogen-bond donors (Lipinski definition) is 3. The molecule has 2 saturated heterocycles. The van der Waals surface area contributed by atoms with E-state index in [1.54, 1.807) is 11.0 Å². The van der Waals surface area contributed by atoms with Crippen molar-refractivity contribution in [3.8, 4) is 0 Å². The molecule has 0 radical (unpaired) electrons. The lowest BCUT2D eigenvalue weighted by Gasteiger charge is -2.36. The number of carboxylic acid groups (broad SMARTS) is 1. The van der Waals surface area contributed by atoms with Crippen LogP contribution in [0.5, 0.6) is 0 Å². The SMILES string of the molecule is NC(=O)C1CC12CNC(C(=O)N1CCC(c3cccc(F)c3)C1)C(C(=O)O)C2. The van der Waals surface area contributed by atoms with E-state index in [2.05, 4.69) is 5.32 Å². The summed E-state index contributed by atoms with van der Waals surface area (Å²) < 4.78 is 13.5. The van der Waals surface area contributed by atoms with Gasteiger partial charge in [-0.1, -0.05) is 12.1 Å². The van der Waals surface area contributed by atoms with Crippen molar-refractivity contribution in [2.24, 2.45) is 23.0 Å². The van der Waals surface area contributed by atoms with Gasteiger partial charge in [-0.05, 0) is 42.4 Å². The first kappa shape index (κ1) is 18.9. The molecule has 1 aromatic carbocycles. The maximum Gasteiger partial charge on any atom is 0.308 e. The molecule has 7 nitrogen and oxygen atoms in total. The third-order valence-electron chi connectivity index (χ3n) is 6.64. The summed E-state index contributed by atoms with van der Waals surface area (Å²) in [6, 6.07) is 5.56. The van der Waals surface area contributed by atoms with E-state index in [-0.39, 0.29) is 30.0 Å². The summed E-state index contributed by atoms with van der Waals surface area (Å²) in [7, 11) is 0. The van der Waals surface area contributed by atoms with Crippen LogP contribution in [0.2, 0.25) is 0 Å². The van der Waals surface area contributed by atoms with Gasteiger partial charge in [-0.25, -0.2) is 4.39 Å². The summed E-state index contributed by atoms with van der Waals surface area (Å²) in [4.78, 5) is 38.0. The number of nitrogens with two attached hydrogens (primary N) is 1. The van der Waals surface area contributed by atoms with Gasteiger partial charge < -0.3 is 21.1 Å². The Bertz CT molecular complexity index is 831. The molecule has 0 aromatic heterocycles. The average molecular weight is 389 g/mol. The fourth-order valence-corrected chi connectivity index (χ4v) is 4.93. The molecule has 1 spiro atoms. The number of amides is 2. The summed E-state index contributed by atoms with van der Waals surface area (Å²) in [6.45, 7) is 1.38. The Morgan fingerprint density at radius 3 is 2.71 bits per heavy atom. The molecule has 2 aliphatic heterocycles. The molecule has 4 rings (SSSR count). The highest BCUT2D eigenvalue weighted by atomic mass is 19.1. The number of halogens is 1. The van der Waals surface area contributed by atoms with Crippen LogP contribution in [0.15, 0.2) is 24.3 Å². The third kappa shape index (κ3) is 3.26. The van der Waals surface area contributed by atoms with Crippen LogP contribution in [0, 0.1) is 23.1 Å². The van der Waals surface area contributed by atoms with Gasteiger partial charge in [0, 0.05) is 31.5 Å². The Kier molecular flexibility index (Phi) is 4.61. The standard InChI is InChI=1S/C20H24FN3O4/c21-13-3-1-2-11(6-13)12-4-5-24(9-12)18(26)16-14(19(27)28)7-20(10-23-16)8-15(20)17(22)25/h1-3,6,12,14-16,23H,4-5,7-10H2,(H2,22,25)(H,27,28). The number of piperidine rings is 1. The topological polar surface area (TPSA) is 113 Å². The number of carboxylic acids is 1. The van der Waals surface area contributed by atoms with Crippen LogP contribution >= 0.6 is 0 Å². The number of nitrogens with one attached hydrogen (secondary N) is 1. The summed E-state index contributed by atoms with van der Waals surface area (Å²) >= 11 is 0. The van der Waals surface area contributed by atoms with Gasteiger partial charge in [-0.2, -0.15) is 0 Å². The quantitative estimate of drug-likeness (QED) is 0.702. The predicted molar refractivity (Wildman–Crippen MR) is 97.6 cm³/mol. The first-order chi connectivity index (χ1) is 13.3. The van der Waals surface area contributed by atoms with Crippen LogP contribution in [0.25, 0.3) is 0 Å². The number of carbonyl (C=O) groups excluding carboxylic acids is 2. The number of nitrogens with zero attached hydrogens (tertiary/aromatic N) is 1. The van der Waals surface area contributed by atoms with Crippen LogP contribution < -0.4 is 11.1 Å². The highest BCUT2D eigenvalue weighted by Crippen LogP contribution is 2.58. The second-order valence-corrected chi connectivity index (χ2v) is 8.35. The fraction of sp³-hybridized carbons (Fsp3) is 0.550. The van der Waals surface area contributed by atoms with E-state index < -0.39 is 29.3 Å². The van der Waals surface area contributed by atoms with Gasteiger partial charge in [-0.3, -0.25) is 14.4 Å². The van der Waals surface area contributed by atoms with Crippen molar-refractivity contribution in [3.63, 3.8) is 0 Å². The molecule has 8 heteroatoms. The third-order valence-corrected chi connectivity index (χ3v) is 6.64. The van der Waals surface area contributed by atoms with Gasteiger partial charge in [0.05, 0.1) is 5.92 Å². The number of carbonyl (C=O) groups is 3. The van der Waals surface area contributed by atoms with E-state index in [9.17, 15) is 23.9 Å². The van der Waals surface area contributed by atoms with Gasteiger partial charge in [0.15, 0.2) is 0 Å². The average Bonchev–Trinajstić information content (AvgIpc) is 3.13. The first-order valence-electron chi connectivity index (χ1n) is 9.60. The van der Waals surface area contributed by atoms with Crippen LogP contribution in [0.3, 0.4) is 0 Å². The van der Waals surface area contributed by atoms with Crippen molar-refractivity contribution in [1.82, 2.24) is 10.2 Å². The normalized spacial score (nSPS) is 34.4. The maximum absolute atomic E-state index is 13.5. The highest BCUT2D eigenvalue weighted by molar-refractivity contribution is 5.89. The first-order valence-corrected chi connectivity index (χ1v) is 9.60. The lowest BCUT2D eigenvalue weighted by atomic mass is 9.80. The number of hydrogen-bond acceptors (Lipinski definition) is 4. The summed E-state index contributed by atoms with van der Waals surface area (Å²) in [5.74, 6) is -3.16. The number of aliphatic carboxylic acids is 1. The molecule has 4 N–H and O–H groups in total. The molecule has 5 atom stereocenters. The van der Waals surface area contributed by atoms with Gasteiger partial charge >= 0.3 is 5.97 Å². The summed E-state index contributed by atoms with van der Waals surface area (Å²) in [6.07, 6.45) is 1.57.